The monoisotopic (exact) mass is 344 g/mol. The van der Waals surface area contributed by atoms with E-state index < -0.39 is 30.0 Å². The third-order valence-electron chi connectivity index (χ3n) is 4.00. The maximum Gasteiger partial charge on any atom is 0.194 e. The topological polar surface area (TPSA) is 36.9 Å². The molecule has 2 heterocycles. The van der Waals surface area contributed by atoms with Gasteiger partial charge in [-0.15, -0.1) is 0 Å². The standard InChI is InChI=1S/C17H19F3O4/c1-2-3-10-6-21-17(22-7-10)12-8-23-16(24-9-12)11-4-13(18)15(20)14(19)5-11/h2-5,10,12,16-17H,6-9H2,1H3/b3-2+. The van der Waals surface area contributed by atoms with Crippen LogP contribution in [0.3, 0.4) is 0 Å². The van der Waals surface area contributed by atoms with Gasteiger partial charge in [0.2, 0.25) is 0 Å². The zero-order valence-corrected chi connectivity index (χ0v) is 13.2. The third-order valence-corrected chi connectivity index (χ3v) is 4.00. The van der Waals surface area contributed by atoms with Crippen molar-refractivity contribution in [1.82, 2.24) is 0 Å². The smallest absolute Gasteiger partial charge is 0.194 e. The highest BCUT2D eigenvalue weighted by Crippen LogP contribution is 2.30. The zero-order chi connectivity index (χ0) is 17.1. The molecule has 0 amide bonds. The predicted octanol–water partition coefficient (Wildman–Crippen LogP) is 3.33. The van der Waals surface area contributed by atoms with Gasteiger partial charge in [-0.2, -0.15) is 0 Å². The van der Waals surface area contributed by atoms with Crippen LogP contribution in [0, 0.1) is 29.3 Å². The van der Waals surface area contributed by atoms with Crippen LogP contribution in [0.5, 0.6) is 0 Å². The fourth-order valence-corrected chi connectivity index (χ4v) is 2.77. The molecule has 0 atom stereocenters. The molecule has 24 heavy (non-hydrogen) atoms. The van der Waals surface area contributed by atoms with Crippen LogP contribution in [-0.4, -0.2) is 32.7 Å². The van der Waals surface area contributed by atoms with Gasteiger partial charge in [0.1, 0.15) is 0 Å². The molecular weight excluding hydrogens is 325 g/mol. The van der Waals surface area contributed by atoms with Crippen LogP contribution in [0.1, 0.15) is 18.8 Å². The van der Waals surface area contributed by atoms with E-state index in [4.69, 9.17) is 18.9 Å². The van der Waals surface area contributed by atoms with Gasteiger partial charge < -0.3 is 18.9 Å². The Bertz CT molecular complexity index is 568. The van der Waals surface area contributed by atoms with Crippen molar-refractivity contribution in [3.8, 4) is 0 Å². The summed E-state index contributed by atoms with van der Waals surface area (Å²) in [7, 11) is 0. The number of rotatable bonds is 3. The number of benzene rings is 1. The molecule has 0 saturated carbocycles. The Hall–Kier alpha value is -1.41. The van der Waals surface area contributed by atoms with Gasteiger partial charge >= 0.3 is 0 Å². The molecule has 132 valence electrons. The highest BCUT2D eigenvalue weighted by molar-refractivity contribution is 5.20. The molecule has 0 aromatic heterocycles. The summed E-state index contributed by atoms with van der Waals surface area (Å²) < 4.78 is 61.9. The van der Waals surface area contributed by atoms with E-state index in [0.717, 1.165) is 12.1 Å². The lowest BCUT2D eigenvalue weighted by atomic mass is 10.1. The molecule has 3 rings (SSSR count). The van der Waals surface area contributed by atoms with Gasteiger partial charge in [0.25, 0.3) is 0 Å². The number of halogens is 3. The van der Waals surface area contributed by atoms with Gasteiger partial charge in [-0.05, 0) is 19.1 Å². The van der Waals surface area contributed by atoms with Gasteiger partial charge in [-0.3, -0.25) is 0 Å². The first-order chi connectivity index (χ1) is 11.6. The van der Waals surface area contributed by atoms with Crippen LogP contribution >= 0.6 is 0 Å². The molecule has 0 bridgehead atoms. The fraction of sp³-hybridized carbons (Fsp3) is 0.529. The minimum absolute atomic E-state index is 0.100. The second-order valence-electron chi connectivity index (χ2n) is 5.88. The Morgan fingerprint density at radius 2 is 1.50 bits per heavy atom. The maximum absolute atomic E-state index is 13.3. The summed E-state index contributed by atoms with van der Waals surface area (Å²) in [6.07, 6.45) is 2.60. The molecule has 0 radical (unpaired) electrons. The van der Waals surface area contributed by atoms with E-state index in [0.29, 0.717) is 13.2 Å². The van der Waals surface area contributed by atoms with Crippen molar-refractivity contribution < 1.29 is 32.1 Å². The molecule has 0 unspecified atom stereocenters. The average molecular weight is 344 g/mol. The first-order valence-electron chi connectivity index (χ1n) is 7.82. The van der Waals surface area contributed by atoms with Crippen molar-refractivity contribution >= 4 is 0 Å². The second kappa shape index (κ2) is 7.65. The second-order valence-corrected chi connectivity index (χ2v) is 5.88. The number of ether oxygens (including phenoxy) is 4. The van der Waals surface area contributed by atoms with E-state index >= 15 is 0 Å². The molecule has 2 saturated heterocycles. The van der Waals surface area contributed by atoms with Crippen molar-refractivity contribution in [1.29, 1.82) is 0 Å². The molecule has 2 fully saturated rings. The zero-order valence-electron chi connectivity index (χ0n) is 13.2. The summed E-state index contributed by atoms with van der Waals surface area (Å²) in [6, 6.07) is 1.75. The summed E-state index contributed by atoms with van der Waals surface area (Å²) in [5.41, 5.74) is 0.100. The van der Waals surface area contributed by atoms with Crippen LogP contribution < -0.4 is 0 Å². The van der Waals surface area contributed by atoms with Gasteiger partial charge in [0.15, 0.2) is 30.0 Å². The van der Waals surface area contributed by atoms with Crippen LogP contribution in [0.4, 0.5) is 13.2 Å². The summed E-state index contributed by atoms with van der Waals surface area (Å²) in [5, 5.41) is 0. The lowest BCUT2D eigenvalue weighted by molar-refractivity contribution is -0.280. The minimum Gasteiger partial charge on any atom is -0.351 e. The van der Waals surface area contributed by atoms with Crippen LogP contribution in [0.15, 0.2) is 24.3 Å². The quantitative estimate of drug-likeness (QED) is 0.623. The van der Waals surface area contributed by atoms with Crippen LogP contribution in [-0.2, 0) is 18.9 Å². The minimum atomic E-state index is -1.51. The SMILES string of the molecule is C/C=C/C1COC(C2COC(c3cc(F)c(F)c(F)c3)OC2)OC1. The highest BCUT2D eigenvalue weighted by atomic mass is 19.2. The van der Waals surface area contributed by atoms with Crippen molar-refractivity contribution in [2.45, 2.75) is 19.5 Å². The van der Waals surface area contributed by atoms with Crippen molar-refractivity contribution in [2.24, 2.45) is 11.8 Å². The van der Waals surface area contributed by atoms with E-state index in [2.05, 4.69) is 0 Å². The Morgan fingerprint density at radius 3 is 2.04 bits per heavy atom. The Labute approximate surface area is 138 Å². The lowest BCUT2D eigenvalue weighted by Crippen LogP contribution is -2.42. The molecule has 2 aliphatic heterocycles. The van der Waals surface area contributed by atoms with E-state index in [1.807, 2.05) is 19.1 Å². The van der Waals surface area contributed by atoms with E-state index in [-0.39, 0.29) is 30.6 Å². The highest BCUT2D eigenvalue weighted by Gasteiger charge is 2.34. The molecule has 0 spiro atoms. The van der Waals surface area contributed by atoms with Crippen LogP contribution in [0.25, 0.3) is 0 Å². The number of allylic oxidation sites excluding steroid dienone is 1. The van der Waals surface area contributed by atoms with Crippen LogP contribution in [0.2, 0.25) is 0 Å². The molecule has 4 nitrogen and oxygen atoms in total. The molecule has 1 aromatic rings. The molecule has 2 aliphatic rings. The normalized spacial score (nSPS) is 31.5. The molecule has 7 heteroatoms. The van der Waals surface area contributed by atoms with Gasteiger partial charge in [-0.1, -0.05) is 12.2 Å². The summed E-state index contributed by atoms with van der Waals surface area (Å²) >= 11 is 0. The van der Waals surface area contributed by atoms with Crippen molar-refractivity contribution in [3.05, 3.63) is 47.3 Å². The van der Waals surface area contributed by atoms with E-state index in [1.54, 1.807) is 0 Å². The molecular formula is C17H19F3O4. The average Bonchev–Trinajstić information content (AvgIpc) is 2.60. The Balaban J connectivity index is 1.55. The Morgan fingerprint density at radius 1 is 0.917 bits per heavy atom. The summed E-state index contributed by atoms with van der Waals surface area (Å²) in [4.78, 5) is 0. The summed E-state index contributed by atoms with van der Waals surface area (Å²) in [5.74, 6) is -3.95. The third kappa shape index (κ3) is 3.80. The Kier molecular flexibility index (Phi) is 5.55. The lowest BCUT2D eigenvalue weighted by Gasteiger charge is -2.37. The number of hydrogen-bond acceptors (Lipinski definition) is 4. The van der Waals surface area contributed by atoms with Gasteiger partial charge in [0.05, 0.1) is 32.3 Å². The first kappa shape index (κ1) is 17.4. The van der Waals surface area contributed by atoms with Gasteiger partial charge in [0, 0.05) is 11.5 Å². The van der Waals surface area contributed by atoms with Crippen molar-refractivity contribution in [2.75, 3.05) is 26.4 Å². The van der Waals surface area contributed by atoms with E-state index in [1.165, 1.54) is 0 Å². The predicted molar refractivity (Wildman–Crippen MR) is 78.4 cm³/mol. The molecule has 1 aromatic carbocycles. The van der Waals surface area contributed by atoms with E-state index in [9.17, 15) is 13.2 Å². The van der Waals surface area contributed by atoms with Crippen molar-refractivity contribution in [3.63, 3.8) is 0 Å². The fourth-order valence-electron chi connectivity index (χ4n) is 2.77. The first-order valence-corrected chi connectivity index (χ1v) is 7.82. The van der Waals surface area contributed by atoms with Gasteiger partial charge in [-0.25, -0.2) is 13.2 Å². The number of hydrogen-bond donors (Lipinski definition) is 0. The summed E-state index contributed by atoms with van der Waals surface area (Å²) in [6.45, 7) is 3.57. The molecule has 0 aliphatic carbocycles. The molecule has 0 N–H and O–H groups in total. The maximum atomic E-state index is 13.3. The largest absolute Gasteiger partial charge is 0.351 e.